The molecule has 0 aliphatic carbocycles. The molecule has 1 fully saturated rings. The highest BCUT2D eigenvalue weighted by atomic mass is 127. The van der Waals surface area contributed by atoms with Gasteiger partial charge in [-0.3, -0.25) is 14.9 Å². The van der Waals surface area contributed by atoms with Gasteiger partial charge in [0.05, 0.1) is 15.9 Å². The molecule has 4 rings (SSSR count). The van der Waals surface area contributed by atoms with Crippen LogP contribution >= 0.6 is 34.2 Å². The minimum atomic E-state index is -0.836. The van der Waals surface area contributed by atoms with Crippen molar-refractivity contribution >= 4 is 63.8 Å². The van der Waals surface area contributed by atoms with Crippen LogP contribution in [-0.2, 0) is 16.2 Å². The first-order valence-corrected chi connectivity index (χ1v) is 13.4. The van der Waals surface area contributed by atoms with Crippen molar-refractivity contribution < 1.29 is 23.9 Å². The van der Waals surface area contributed by atoms with E-state index in [0.29, 0.717) is 35.3 Å². The van der Waals surface area contributed by atoms with E-state index < -0.39 is 17.8 Å². The number of aryl methyl sites for hydroxylation is 3. The van der Waals surface area contributed by atoms with E-state index in [1.165, 1.54) is 12.1 Å². The van der Waals surface area contributed by atoms with Gasteiger partial charge >= 0.3 is 6.03 Å². The summed E-state index contributed by atoms with van der Waals surface area (Å²) in [7, 11) is 0. The van der Waals surface area contributed by atoms with Gasteiger partial charge in [-0.05, 0) is 97.3 Å². The summed E-state index contributed by atoms with van der Waals surface area (Å²) in [6.07, 6.45) is 1.44. The quantitative estimate of drug-likeness (QED) is 0.180. The fourth-order valence-electron chi connectivity index (χ4n) is 4.16. The molecule has 0 spiro atoms. The van der Waals surface area contributed by atoms with Crippen LogP contribution in [-0.4, -0.2) is 24.5 Å². The zero-order valence-electron chi connectivity index (χ0n) is 21.4. The van der Waals surface area contributed by atoms with E-state index in [1.54, 1.807) is 24.3 Å². The molecule has 1 saturated heterocycles. The lowest BCUT2D eigenvalue weighted by atomic mass is 10.1. The van der Waals surface area contributed by atoms with Crippen molar-refractivity contribution in [1.29, 1.82) is 0 Å². The molecule has 0 atom stereocenters. The molecule has 1 N–H and O–H groups in total. The number of ether oxygens (including phenoxy) is 2. The molecule has 38 heavy (non-hydrogen) atoms. The molecule has 3 aromatic rings. The van der Waals surface area contributed by atoms with Crippen LogP contribution in [0.25, 0.3) is 6.08 Å². The monoisotopic (exact) mass is 644 g/mol. The number of benzene rings is 3. The maximum Gasteiger partial charge on any atom is 0.335 e. The van der Waals surface area contributed by atoms with Crippen LogP contribution in [0.15, 0.2) is 54.1 Å². The third-order valence-corrected chi connectivity index (χ3v) is 7.03. The fourth-order valence-corrected chi connectivity index (χ4v) is 5.12. The molecule has 1 aliphatic rings. The van der Waals surface area contributed by atoms with E-state index >= 15 is 0 Å². The zero-order chi connectivity index (χ0) is 27.6. The van der Waals surface area contributed by atoms with Gasteiger partial charge in [-0.2, -0.15) is 0 Å². The molecule has 1 aliphatic heterocycles. The molecule has 4 amide bonds. The Balaban J connectivity index is 1.67. The third-order valence-electron chi connectivity index (χ3n) is 5.82. The van der Waals surface area contributed by atoms with Crippen molar-refractivity contribution in [2.45, 2.75) is 34.3 Å². The van der Waals surface area contributed by atoms with Crippen LogP contribution in [0.2, 0.25) is 5.02 Å². The van der Waals surface area contributed by atoms with E-state index in [-0.39, 0.29) is 11.3 Å². The molecule has 0 unspecified atom stereocenters. The highest BCUT2D eigenvalue weighted by molar-refractivity contribution is 14.1. The summed E-state index contributed by atoms with van der Waals surface area (Å²) in [5.74, 6) is -0.476. The molecule has 0 aromatic heterocycles. The number of carbonyl (C=O) groups is 3. The predicted octanol–water partition coefficient (Wildman–Crippen LogP) is 6.51. The van der Waals surface area contributed by atoms with Gasteiger partial charge in [0, 0.05) is 5.02 Å². The number of urea groups is 1. The second-order valence-corrected chi connectivity index (χ2v) is 10.5. The number of imide groups is 2. The summed E-state index contributed by atoms with van der Waals surface area (Å²) < 4.78 is 12.7. The number of barbiturate groups is 1. The highest BCUT2D eigenvalue weighted by Crippen LogP contribution is 2.36. The SMILES string of the molecule is CCOc1cc(/C=C2\C(=O)NC(=O)N(c3ccc(C)c(Cl)c3)C2=O)cc(I)c1OCc1cc(C)cc(C)c1. The predicted molar refractivity (Wildman–Crippen MR) is 156 cm³/mol. The van der Waals surface area contributed by atoms with Crippen molar-refractivity contribution in [3.63, 3.8) is 0 Å². The molecule has 1 heterocycles. The first kappa shape index (κ1) is 27.7. The van der Waals surface area contributed by atoms with Crippen molar-refractivity contribution in [3.8, 4) is 11.5 Å². The Morgan fingerprint density at radius 2 is 1.68 bits per heavy atom. The number of nitrogens with zero attached hydrogens (tertiary/aromatic N) is 1. The lowest BCUT2D eigenvalue weighted by Gasteiger charge is -2.26. The summed E-state index contributed by atoms with van der Waals surface area (Å²) in [6.45, 7) is 8.51. The van der Waals surface area contributed by atoms with E-state index in [2.05, 4.69) is 46.1 Å². The lowest BCUT2D eigenvalue weighted by Crippen LogP contribution is -2.54. The summed E-state index contributed by atoms with van der Waals surface area (Å²) in [4.78, 5) is 39.4. The van der Waals surface area contributed by atoms with Gasteiger partial charge in [-0.25, -0.2) is 9.69 Å². The number of hydrogen-bond acceptors (Lipinski definition) is 5. The summed E-state index contributed by atoms with van der Waals surface area (Å²) in [6, 6.07) is 13.7. The smallest absolute Gasteiger partial charge is 0.335 e. The number of halogens is 2. The number of rotatable bonds is 7. The van der Waals surface area contributed by atoms with Gasteiger partial charge in [0.25, 0.3) is 11.8 Å². The first-order valence-electron chi connectivity index (χ1n) is 11.9. The van der Waals surface area contributed by atoms with Crippen LogP contribution in [0.4, 0.5) is 10.5 Å². The minimum absolute atomic E-state index is 0.191. The highest BCUT2D eigenvalue weighted by Gasteiger charge is 2.37. The number of amides is 4. The Morgan fingerprint density at radius 3 is 2.34 bits per heavy atom. The second-order valence-electron chi connectivity index (χ2n) is 8.94. The van der Waals surface area contributed by atoms with Crippen molar-refractivity contribution in [2.24, 2.45) is 0 Å². The summed E-state index contributed by atoms with van der Waals surface area (Å²) in [5, 5.41) is 2.63. The average molecular weight is 645 g/mol. The van der Waals surface area contributed by atoms with Gasteiger partial charge < -0.3 is 9.47 Å². The van der Waals surface area contributed by atoms with E-state index in [9.17, 15) is 14.4 Å². The molecule has 9 heteroatoms. The second kappa shape index (κ2) is 11.6. The summed E-state index contributed by atoms with van der Waals surface area (Å²) >= 11 is 8.34. The van der Waals surface area contributed by atoms with Gasteiger partial charge in [0.15, 0.2) is 11.5 Å². The van der Waals surface area contributed by atoms with Crippen LogP contribution in [0.1, 0.15) is 34.7 Å². The number of hydrogen-bond donors (Lipinski definition) is 1. The molecule has 0 radical (unpaired) electrons. The standard InChI is InChI=1S/C29H26ClIN2O5/c1-5-37-25-13-19(12-24(31)26(25)38-15-20-9-16(2)8-17(3)10-20)11-22-27(34)32-29(36)33(28(22)35)21-7-6-18(4)23(30)14-21/h6-14H,5,15H2,1-4H3,(H,32,34,36)/b22-11+. The molecule has 3 aromatic carbocycles. The van der Waals surface area contributed by atoms with Crippen LogP contribution in [0, 0.1) is 24.3 Å². The Kier molecular flexibility index (Phi) is 8.42. The Hall–Kier alpha value is -3.37. The van der Waals surface area contributed by atoms with Gasteiger partial charge in [-0.15, -0.1) is 0 Å². The number of carbonyl (C=O) groups excluding carboxylic acids is 3. The average Bonchev–Trinajstić information content (AvgIpc) is 2.83. The van der Waals surface area contributed by atoms with Gasteiger partial charge in [0.1, 0.15) is 12.2 Å². The van der Waals surface area contributed by atoms with Crippen molar-refractivity contribution in [2.75, 3.05) is 11.5 Å². The Bertz CT molecular complexity index is 1460. The van der Waals surface area contributed by atoms with Gasteiger partial charge in [-0.1, -0.05) is 47.0 Å². The normalized spacial score (nSPS) is 14.6. The van der Waals surface area contributed by atoms with E-state index in [4.69, 9.17) is 21.1 Å². The molecule has 7 nitrogen and oxygen atoms in total. The first-order chi connectivity index (χ1) is 18.1. The largest absolute Gasteiger partial charge is 0.490 e. The maximum absolute atomic E-state index is 13.3. The van der Waals surface area contributed by atoms with Crippen LogP contribution < -0.4 is 19.7 Å². The maximum atomic E-state index is 13.3. The third kappa shape index (κ3) is 6.02. The number of anilines is 1. The Labute approximate surface area is 239 Å². The lowest BCUT2D eigenvalue weighted by molar-refractivity contribution is -0.122. The van der Waals surface area contributed by atoms with Crippen LogP contribution in [0.3, 0.4) is 0 Å². The van der Waals surface area contributed by atoms with Crippen LogP contribution in [0.5, 0.6) is 11.5 Å². The van der Waals surface area contributed by atoms with Crippen molar-refractivity contribution in [3.05, 3.63) is 90.5 Å². The molecule has 0 saturated carbocycles. The molecule has 196 valence electrons. The summed E-state index contributed by atoms with van der Waals surface area (Å²) in [5.41, 5.74) is 4.76. The zero-order valence-corrected chi connectivity index (χ0v) is 24.3. The molecular formula is C29H26ClIN2O5. The fraction of sp³-hybridized carbons (Fsp3) is 0.207. The topological polar surface area (TPSA) is 84.9 Å². The van der Waals surface area contributed by atoms with Gasteiger partial charge in [0.2, 0.25) is 0 Å². The number of nitrogens with one attached hydrogen (secondary N) is 1. The van der Waals surface area contributed by atoms with Crippen molar-refractivity contribution in [1.82, 2.24) is 5.32 Å². The molecular weight excluding hydrogens is 619 g/mol. The minimum Gasteiger partial charge on any atom is -0.490 e. The molecule has 0 bridgehead atoms. The van der Waals surface area contributed by atoms with E-state index in [0.717, 1.165) is 30.7 Å². The Morgan fingerprint density at radius 1 is 0.974 bits per heavy atom. The van der Waals surface area contributed by atoms with E-state index in [1.807, 2.05) is 27.7 Å².